The zero-order valence-corrected chi connectivity index (χ0v) is 10.5. The number of halogens is 1. The van der Waals surface area contributed by atoms with E-state index >= 15 is 0 Å². The monoisotopic (exact) mass is 268 g/mol. The predicted octanol–water partition coefficient (Wildman–Crippen LogP) is 2.33. The third-order valence-electron chi connectivity index (χ3n) is 2.00. The SMILES string of the molecule is Cc1nnc(NC(=O)c2ccc(Cl)c(N)c2)s1. The van der Waals surface area contributed by atoms with Crippen LogP contribution in [-0.2, 0) is 0 Å². The molecule has 0 unspecified atom stereocenters. The summed E-state index contributed by atoms with van der Waals surface area (Å²) in [4.78, 5) is 11.8. The third kappa shape index (κ3) is 2.72. The summed E-state index contributed by atoms with van der Waals surface area (Å²) in [6.45, 7) is 1.81. The number of carbonyl (C=O) groups is 1. The average molecular weight is 269 g/mol. The van der Waals surface area contributed by atoms with Gasteiger partial charge in [0.1, 0.15) is 5.01 Å². The topological polar surface area (TPSA) is 80.9 Å². The molecule has 88 valence electrons. The fourth-order valence-corrected chi connectivity index (χ4v) is 1.91. The third-order valence-corrected chi connectivity index (χ3v) is 3.10. The molecule has 0 saturated heterocycles. The second-order valence-corrected chi connectivity index (χ2v) is 4.91. The van der Waals surface area contributed by atoms with E-state index in [4.69, 9.17) is 17.3 Å². The maximum Gasteiger partial charge on any atom is 0.257 e. The van der Waals surface area contributed by atoms with Crippen LogP contribution >= 0.6 is 22.9 Å². The van der Waals surface area contributed by atoms with Crippen LogP contribution in [0.25, 0.3) is 0 Å². The number of hydrogen-bond donors (Lipinski definition) is 2. The van der Waals surface area contributed by atoms with E-state index in [1.165, 1.54) is 17.4 Å². The lowest BCUT2D eigenvalue weighted by molar-refractivity contribution is 0.102. The van der Waals surface area contributed by atoms with Gasteiger partial charge in [0.25, 0.3) is 5.91 Å². The van der Waals surface area contributed by atoms with Gasteiger partial charge in [-0.1, -0.05) is 22.9 Å². The summed E-state index contributed by atoms with van der Waals surface area (Å²) >= 11 is 7.08. The number of hydrogen-bond acceptors (Lipinski definition) is 5. The maximum absolute atomic E-state index is 11.8. The van der Waals surface area contributed by atoms with Crippen LogP contribution in [0.2, 0.25) is 5.02 Å². The molecule has 7 heteroatoms. The van der Waals surface area contributed by atoms with Crippen molar-refractivity contribution < 1.29 is 4.79 Å². The number of nitrogens with zero attached hydrogens (tertiary/aromatic N) is 2. The van der Waals surface area contributed by atoms with Crippen molar-refractivity contribution in [2.45, 2.75) is 6.92 Å². The number of anilines is 2. The molecule has 1 aromatic heterocycles. The largest absolute Gasteiger partial charge is 0.398 e. The highest BCUT2D eigenvalue weighted by molar-refractivity contribution is 7.15. The molecular weight excluding hydrogens is 260 g/mol. The Kier molecular flexibility index (Phi) is 3.26. The van der Waals surface area contributed by atoms with Gasteiger partial charge in [0.2, 0.25) is 5.13 Å². The lowest BCUT2D eigenvalue weighted by Gasteiger charge is -2.03. The van der Waals surface area contributed by atoms with E-state index in [-0.39, 0.29) is 5.91 Å². The first-order valence-electron chi connectivity index (χ1n) is 4.73. The molecule has 0 aliphatic rings. The fourth-order valence-electron chi connectivity index (χ4n) is 1.20. The number of nitrogens with one attached hydrogen (secondary N) is 1. The van der Waals surface area contributed by atoms with Crippen LogP contribution in [0.4, 0.5) is 10.8 Å². The first-order valence-corrected chi connectivity index (χ1v) is 5.92. The van der Waals surface area contributed by atoms with Crippen molar-refractivity contribution in [2.75, 3.05) is 11.1 Å². The minimum atomic E-state index is -0.287. The van der Waals surface area contributed by atoms with Gasteiger partial charge in [-0.25, -0.2) is 0 Å². The van der Waals surface area contributed by atoms with Gasteiger partial charge >= 0.3 is 0 Å². The minimum Gasteiger partial charge on any atom is -0.398 e. The van der Waals surface area contributed by atoms with Crippen molar-refractivity contribution in [3.05, 3.63) is 33.8 Å². The molecule has 2 aromatic rings. The van der Waals surface area contributed by atoms with Crippen molar-refractivity contribution >= 4 is 39.7 Å². The summed E-state index contributed by atoms with van der Waals surface area (Å²) in [6, 6.07) is 4.70. The summed E-state index contributed by atoms with van der Waals surface area (Å²) in [6.07, 6.45) is 0. The molecule has 5 nitrogen and oxygen atoms in total. The standard InChI is InChI=1S/C10H9ClN4OS/c1-5-14-15-10(17-5)13-9(16)6-2-3-7(11)8(12)4-6/h2-4H,12H2,1H3,(H,13,15,16). The molecule has 0 spiro atoms. The number of nitrogen functional groups attached to an aromatic ring is 1. The molecule has 0 aliphatic carbocycles. The molecule has 1 aromatic carbocycles. The number of amides is 1. The van der Waals surface area contributed by atoms with Crippen LogP contribution in [0.15, 0.2) is 18.2 Å². The molecule has 1 heterocycles. The van der Waals surface area contributed by atoms with Gasteiger partial charge in [-0.05, 0) is 25.1 Å². The smallest absolute Gasteiger partial charge is 0.257 e. The van der Waals surface area contributed by atoms with Crippen LogP contribution in [0, 0.1) is 6.92 Å². The molecule has 0 aliphatic heterocycles. The average Bonchev–Trinajstić information content (AvgIpc) is 2.68. The Morgan fingerprint density at radius 1 is 1.47 bits per heavy atom. The van der Waals surface area contributed by atoms with Gasteiger partial charge in [-0.15, -0.1) is 10.2 Å². The second kappa shape index (κ2) is 4.68. The van der Waals surface area contributed by atoms with Crippen molar-refractivity contribution in [3.8, 4) is 0 Å². The highest BCUT2D eigenvalue weighted by Crippen LogP contribution is 2.21. The van der Waals surface area contributed by atoms with Gasteiger partial charge in [0.15, 0.2) is 0 Å². The number of carbonyl (C=O) groups excluding carboxylic acids is 1. The van der Waals surface area contributed by atoms with E-state index in [0.29, 0.717) is 21.4 Å². The van der Waals surface area contributed by atoms with Crippen LogP contribution < -0.4 is 11.1 Å². The zero-order chi connectivity index (χ0) is 12.4. The quantitative estimate of drug-likeness (QED) is 0.819. The van der Waals surface area contributed by atoms with E-state index in [9.17, 15) is 4.79 Å². The molecule has 0 fully saturated rings. The van der Waals surface area contributed by atoms with Gasteiger partial charge in [0.05, 0.1) is 10.7 Å². The molecule has 17 heavy (non-hydrogen) atoms. The number of aryl methyl sites for hydroxylation is 1. The van der Waals surface area contributed by atoms with E-state index in [1.807, 2.05) is 6.92 Å². The molecule has 0 atom stereocenters. The van der Waals surface area contributed by atoms with E-state index in [0.717, 1.165) is 5.01 Å². The van der Waals surface area contributed by atoms with Crippen LogP contribution in [0.1, 0.15) is 15.4 Å². The van der Waals surface area contributed by atoms with E-state index in [1.54, 1.807) is 12.1 Å². The van der Waals surface area contributed by atoms with Gasteiger partial charge in [0, 0.05) is 5.56 Å². The maximum atomic E-state index is 11.8. The molecule has 0 bridgehead atoms. The first kappa shape index (κ1) is 11.8. The summed E-state index contributed by atoms with van der Waals surface area (Å²) < 4.78 is 0. The number of rotatable bonds is 2. The predicted molar refractivity (Wildman–Crippen MR) is 68.5 cm³/mol. The number of benzene rings is 1. The Bertz CT molecular complexity index is 569. The summed E-state index contributed by atoms with van der Waals surface area (Å²) in [5.41, 5.74) is 6.42. The molecule has 2 rings (SSSR count). The van der Waals surface area contributed by atoms with E-state index in [2.05, 4.69) is 15.5 Å². The fraction of sp³-hybridized carbons (Fsp3) is 0.100. The van der Waals surface area contributed by atoms with Crippen molar-refractivity contribution in [1.29, 1.82) is 0 Å². The highest BCUT2D eigenvalue weighted by Gasteiger charge is 2.10. The van der Waals surface area contributed by atoms with Crippen molar-refractivity contribution in [2.24, 2.45) is 0 Å². The molecule has 0 radical (unpaired) electrons. The number of nitrogens with two attached hydrogens (primary N) is 1. The van der Waals surface area contributed by atoms with Crippen LogP contribution in [-0.4, -0.2) is 16.1 Å². The van der Waals surface area contributed by atoms with Crippen molar-refractivity contribution in [1.82, 2.24) is 10.2 Å². The Hall–Kier alpha value is -1.66. The molecule has 1 amide bonds. The summed E-state index contributed by atoms with van der Waals surface area (Å²) in [5.74, 6) is -0.287. The first-order chi connectivity index (χ1) is 8.06. The van der Waals surface area contributed by atoms with E-state index < -0.39 is 0 Å². The normalized spacial score (nSPS) is 10.2. The number of aromatic nitrogens is 2. The van der Waals surface area contributed by atoms with Gasteiger partial charge < -0.3 is 5.73 Å². The highest BCUT2D eigenvalue weighted by atomic mass is 35.5. The van der Waals surface area contributed by atoms with Crippen molar-refractivity contribution in [3.63, 3.8) is 0 Å². The summed E-state index contributed by atoms with van der Waals surface area (Å²) in [7, 11) is 0. The Balaban J connectivity index is 2.17. The van der Waals surface area contributed by atoms with Crippen LogP contribution in [0.3, 0.4) is 0 Å². The second-order valence-electron chi connectivity index (χ2n) is 3.32. The summed E-state index contributed by atoms with van der Waals surface area (Å²) in [5, 5.41) is 11.9. The Labute approximate surface area is 107 Å². The zero-order valence-electron chi connectivity index (χ0n) is 8.90. The lowest BCUT2D eigenvalue weighted by atomic mass is 10.2. The molecular formula is C10H9ClN4OS. The molecule has 3 N–H and O–H groups in total. The Morgan fingerprint density at radius 2 is 2.24 bits per heavy atom. The Morgan fingerprint density at radius 3 is 2.82 bits per heavy atom. The van der Waals surface area contributed by atoms with Crippen LogP contribution in [0.5, 0.6) is 0 Å². The van der Waals surface area contributed by atoms with Gasteiger partial charge in [-0.2, -0.15) is 0 Å². The minimum absolute atomic E-state index is 0.287. The van der Waals surface area contributed by atoms with Gasteiger partial charge in [-0.3, -0.25) is 10.1 Å². The molecule has 0 saturated carbocycles. The lowest BCUT2D eigenvalue weighted by Crippen LogP contribution is -2.12.